The Morgan fingerprint density at radius 1 is 1.47 bits per heavy atom. The second kappa shape index (κ2) is 5.38. The molecule has 100 valence electrons. The van der Waals surface area contributed by atoms with Gasteiger partial charge in [-0.25, -0.2) is 14.8 Å². The number of methoxy groups -OCH3 is 1. The molecule has 0 bridgehead atoms. The van der Waals surface area contributed by atoms with Crippen LogP contribution in [0.3, 0.4) is 0 Å². The van der Waals surface area contributed by atoms with Gasteiger partial charge in [-0.15, -0.1) is 0 Å². The number of imidazole rings is 1. The number of rotatable bonds is 4. The van der Waals surface area contributed by atoms with Gasteiger partial charge in [0, 0.05) is 25.6 Å². The smallest absolute Gasteiger partial charge is 0.340 e. The van der Waals surface area contributed by atoms with E-state index < -0.39 is 5.97 Å². The summed E-state index contributed by atoms with van der Waals surface area (Å²) in [6, 6.07) is 1.52. The topological polar surface area (TPSA) is 95.1 Å². The van der Waals surface area contributed by atoms with E-state index in [1.165, 1.54) is 19.4 Å². The molecule has 0 aliphatic heterocycles. The van der Waals surface area contributed by atoms with Crippen LogP contribution in [0.2, 0.25) is 0 Å². The standard InChI is InChI=1S/C12H15N5O2/c1-17-6-5-14-9(17)7-16-11-10(13)8(3-4-15-11)12(18)19-2/h3-6H,7,13H2,1-2H3,(H,15,16). The minimum Gasteiger partial charge on any atom is -0.465 e. The van der Waals surface area contributed by atoms with Crippen LogP contribution in [-0.2, 0) is 18.3 Å². The number of anilines is 2. The van der Waals surface area contributed by atoms with Crippen LogP contribution in [0.25, 0.3) is 0 Å². The number of ether oxygens (including phenoxy) is 1. The highest BCUT2D eigenvalue weighted by molar-refractivity contribution is 5.97. The van der Waals surface area contributed by atoms with Crippen molar-refractivity contribution < 1.29 is 9.53 Å². The SMILES string of the molecule is COC(=O)c1ccnc(NCc2nccn2C)c1N. The third-order valence-corrected chi connectivity index (χ3v) is 2.73. The van der Waals surface area contributed by atoms with Crippen LogP contribution in [0.15, 0.2) is 24.7 Å². The molecule has 0 unspecified atom stereocenters. The number of carbonyl (C=O) groups is 1. The highest BCUT2D eigenvalue weighted by Crippen LogP contribution is 2.21. The first kappa shape index (κ1) is 12.9. The highest BCUT2D eigenvalue weighted by Gasteiger charge is 2.13. The zero-order valence-corrected chi connectivity index (χ0v) is 10.8. The van der Waals surface area contributed by atoms with Crippen LogP contribution in [0.5, 0.6) is 0 Å². The molecule has 0 aromatic carbocycles. The molecule has 0 saturated heterocycles. The lowest BCUT2D eigenvalue weighted by atomic mass is 10.2. The Balaban J connectivity index is 2.17. The van der Waals surface area contributed by atoms with E-state index in [2.05, 4.69) is 20.0 Å². The summed E-state index contributed by atoms with van der Waals surface area (Å²) in [7, 11) is 3.20. The van der Waals surface area contributed by atoms with E-state index in [1.807, 2.05) is 17.8 Å². The molecule has 2 aromatic rings. The fraction of sp³-hybridized carbons (Fsp3) is 0.250. The van der Waals surface area contributed by atoms with Crippen LogP contribution in [0.4, 0.5) is 11.5 Å². The molecule has 0 radical (unpaired) electrons. The molecule has 0 saturated carbocycles. The second-order valence-corrected chi connectivity index (χ2v) is 3.92. The quantitative estimate of drug-likeness (QED) is 0.790. The Kier molecular flexibility index (Phi) is 3.65. The maximum Gasteiger partial charge on any atom is 0.340 e. The third kappa shape index (κ3) is 2.65. The summed E-state index contributed by atoms with van der Waals surface area (Å²) in [5, 5.41) is 3.05. The fourth-order valence-electron chi connectivity index (χ4n) is 1.63. The Labute approximate surface area is 110 Å². The van der Waals surface area contributed by atoms with Crippen LogP contribution in [0, 0.1) is 0 Å². The molecule has 0 amide bonds. The summed E-state index contributed by atoms with van der Waals surface area (Å²) in [5.74, 6) is 0.788. The predicted molar refractivity (Wildman–Crippen MR) is 70.5 cm³/mol. The zero-order chi connectivity index (χ0) is 13.8. The average Bonchev–Trinajstić information content (AvgIpc) is 2.82. The molecule has 7 nitrogen and oxygen atoms in total. The largest absolute Gasteiger partial charge is 0.465 e. The van der Waals surface area contributed by atoms with E-state index in [-0.39, 0.29) is 5.69 Å². The first-order valence-electron chi connectivity index (χ1n) is 5.66. The van der Waals surface area contributed by atoms with Gasteiger partial charge in [0.15, 0.2) is 0 Å². The molecule has 0 atom stereocenters. The summed E-state index contributed by atoms with van der Waals surface area (Å²) < 4.78 is 6.53. The average molecular weight is 261 g/mol. The van der Waals surface area contributed by atoms with Gasteiger partial charge >= 0.3 is 5.97 Å². The van der Waals surface area contributed by atoms with Crippen molar-refractivity contribution >= 4 is 17.5 Å². The Morgan fingerprint density at radius 2 is 2.26 bits per heavy atom. The number of nitrogens with two attached hydrogens (primary N) is 1. The monoisotopic (exact) mass is 261 g/mol. The molecule has 7 heteroatoms. The maximum atomic E-state index is 11.5. The molecule has 0 aliphatic carbocycles. The number of carbonyl (C=O) groups excluding carboxylic acids is 1. The molecule has 0 fully saturated rings. The van der Waals surface area contributed by atoms with E-state index in [4.69, 9.17) is 5.73 Å². The fourth-order valence-corrected chi connectivity index (χ4v) is 1.63. The van der Waals surface area contributed by atoms with E-state index in [1.54, 1.807) is 6.20 Å². The molecular formula is C12H15N5O2. The molecule has 3 N–H and O–H groups in total. The van der Waals surface area contributed by atoms with Crippen molar-refractivity contribution in [3.8, 4) is 0 Å². The van der Waals surface area contributed by atoms with Gasteiger partial charge in [0.2, 0.25) is 0 Å². The number of aryl methyl sites for hydroxylation is 1. The van der Waals surface area contributed by atoms with Crippen molar-refractivity contribution in [3.05, 3.63) is 36.0 Å². The van der Waals surface area contributed by atoms with Gasteiger partial charge in [0.1, 0.15) is 11.6 Å². The Bertz CT molecular complexity index is 594. The van der Waals surface area contributed by atoms with Crippen molar-refractivity contribution in [2.24, 2.45) is 7.05 Å². The molecule has 19 heavy (non-hydrogen) atoms. The number of hydrogen-bond donors (Lipinski definition) is 2. The van der Waals surface area contributed by atoms with Crippen LogP contribution in [0.1, 0.15) is 16.2 Å². The normalized spacial score (nSPS) is 10.2. The van der Waals surface area contributed by atoms with Gasteiger partial charge in [-0.2, -0.15) is 0 Å². The summed E-state index contributed by atoms with van der Waals surface area (Å²) in [5.41, 5.74) is 6.44. The highest BCUT2D eigenvalue weighted by atomic mass is 16.5. The minimum atomic E-state index is -0.486. The third-order valence-electron chi connectivity index (χ3n) is 2.73. The molecule has 2 heterocycles. The van der Waals surface area contributed by atoms with E-state index >= 15 is 0 Å². The molecule has 2 rings (SSSR count). The van der Waals surface area contributed by atoms with Gasteiger partial charge in [0.25, 0.3) is 0 Å². The molecule has 0 aliphatic rings. The van der Waals surface area contributed by atoms with E-state index in [9.17, 15) is 4.79 Å². The Hall–Kier alpha value is -2.57. The minimum absolute atomic E-state index is 0.267. The lowest BCUT2D eigenvalue weighted by Gasteiger charge is -2.10. The molecule has 0 spiro atoms. The van der Waals surface area contributed by atoms with Crippen molar-refractivity contribution in [1.82, 2.24) is 14.5 Å². The van der Waals surface area contributed by atoms with Crippen LogP contribution < -0.4 is 11.1 Å². The number of esters is 1. The second-order valence-electron chi connectivity index (χ2n) is 3.92. The summed E-state index contributed by atoms with van der Waals surface area (Å²) >= 11 is 0. The molecule has 2 aromatic heterocycles. The summed E-state index contributed by atoms with van der Waals surface area (Å²) in [6.45, 7) is 0.464. The first-order valence-corrected chi connectivity index (χ1v) is 5.66. The van der Waals surface area contributed by atoms with Crippen molar-refractivity contribution in [2.75, 3.05) is 18.2 Å². The number of hydrogen-bond acceptors (Lipinski definition) is 6. The van der Waals surface area contributed by atoms with E-state index in [0.717, 1.165) is 5.82 Å². The summed E-state index contributed by atoms with van der Waals surface area (Å²) in [6.07, 6.45) is 5.06. The van der Waals surface area contributed by atoms with Crippen molar-refractivity contribution in [2.45, 2.75) is 6.54 Å². The van der Waals surface area contributed by atoms with Crippen LogP contribution >= 0.6 is 0 Å². The van der Waals surface area contributed by atoms with Crippen molar-refractivity contribution in [3.63, 3.8) is 0 Å². The number of nitrogen functional groups attached to an aromatic ring is 1. The predicted octanol–water partition coefficient (Wildman–Crippen LogP) is 0.796. The number of nitrogens with one attached hydrogen (secondary N) is 1. The maximum absolute atomic E-state index is 11.5. The molecular weight excluding hydrogens is 246 g/mol. The van der Waals surface area contributed by atoms with Gasteiger partial charge in [-0.1, -0.05) is 0 Å². The Morgan fingerprint density at radius 3 is 2.89 bits per heavy atom. The van der Waals surface area contributed by atoms with Gasteiger partial charge in [0.05, 0.1) is 24.9 Å². The van der Waals surface area contributed by atoms with Crippen molar-refractivity contribution in [1.29, 1.82) is 0 Å². The number of pyridine rings is 1. The summed E-state index contributed by atoms with van der Waals surface area (Å²) in [4.78, 5) is 19.8. The van der Waals surface area contributed by atoms with Gasteiger partial charge in [-0.05, 0) is 6.07 Å². The first-order chi connectivity index (χ1) is 9.13. The lowest BCUT2D eigenvalue weighted by Crippen LogP contribution is -2.12. The number of aromatic nitrogens is 3. The zero-order valence-electron chi connectivity index (χ0n) is 10.8. The van der Waals surface area contributed by atoms with Gasteiger partial charge < -0.3 is 20.4 Å². The van der Waals surface area contributed by atoms with E-state index in [0.29, 0.717) is 17.9 Å². The van der Waals surface area contributed by atoms with Gasteiger partial charge in [-0.3, -0.25) is 0 Å². The van der Waals surface area contributed by atoms with Crippen LogP contribution in [-0.4, -0.2) is 27.6 Å². The number of nitrogens with zero attached hydrogens (tertiary/aromatic N) is 3. The lowest BCUT2D eigenvalue weighted by molar-refractivity contribution is 0.0602.